The number of aliphatic hydroxyl groups is 1. The molecule has 22 heavy (non-hydrogen) atoms. The van der Waals surface area contributed by atoms with Crippen LogP contribution in [0.2, 0.25) is 0 Å². The van der Waals surface area contributed by atoms with Gasteiger partial charge in [-0.15, -0.1) is 0 Å². The predicted molar refractivity (Wildman–Crippen MR) is 81.8 cm³/mol. The third-order valence-electron chi connectivity index (χ3n) is 2.75. The lowest BCUT2D eigenvalue weighted by atomic mass is 9.76. The van der Waals surface area contributed by atoms with E-state index >= 15 is 0 Å². The SMILES string of the molecule is BC(B)(O)Oc1ccc(C)c(F)c1-c1nccc(C(=O)O)n1. The molecule has 0 atom stereocenters. The van der Waals surface area contributed by atoms with Crippen LogP contribution in [0.25, 0.3) is 11.4 Å². The normalized spacial score (nSPS) is 11.2. The van der Waals surface area contributed by atoms with E-state index < -0.39 is 17.4 Å². The summed E-state index contributed by atoms with van der Waals surface area (Å²) in [5, 5.41) is 18.7. The summed E-state index contributed by atoms with van der Waals surface area (Å²) >= 11 is 0. The third-order valence-corrected chi connectivity index (χ3v) is 2.75. The molecular formula is C13H13B2FN2O4. The number of ether oxygens (including phenoxy) is 1. The number of hydrogen-bond donors (Lipinski definition) is 2. The molecule has 0 saturated carbocycles. The first-order valence-corrected chi connectivity index (χ1v) is 6.46. The van der Waals surface area contributed by atoms with Gasteiger partial charge >= 0.3 is 5.97 Å². The van der Waals surface area contributed by atoms with Crippen molar-refractivity contribution in [3.8, 4) is 17.1 Å². The highest BCUT2D eigenvalue weighted by Gasteiger charge is 2.23. The minimum atomic E-state index is -1.54. The maximum Gasteiger partial charge on any atom is 0.354 e. The Morgan fingerprint density at radius 2 is 2.05 bits per heavy atom. The predicted octanol–water partition coefficient (Wildman–Crippen LogP) is -0.462. The average molecular weight is 302 g/mol. The van der Waals surface area contributed by atoms with Crippen LogP contribution in [0, 0.1) is 12.7 Å². The molecule has 0 bridgehead atoms. The summed E-state index contributed by atoms with van der Waals surface area (Å²) in [6.07, 6.45) is 1.22. The van der Waals surface area contributed by atoms with Crippen molar-refractivity contribution in [3.05, 3.63) is 41.5 Å². The van der Waals surface area contributed by atoms with Gasteiger partial charge in [-0.2, -0.15) is 0 Å². The second-order valence-corrected chi connectivity index (χ2v) is 5.19. The van der Waals surface area contributed by atoms with Gasteiger partial charge in [0.1, 0.15) is 17.2 Å². The summed E-state index contributed by atoms with van der Waals surface area (Å²) in [6, 6.07) is 4.17. The first kappa shape index (κ1) is 16.0. The summed E-state index contributed by atoms with van der Waals surface area (Å²) in [6.45, 7) is 1.55. The number of aromatic nitrogens is 2. The fourth-order valence-electron chi connectivity index (χ4n) is 1.82. The standard InChI is InChI=1S/C13H13B2FN2O4/c1-6-2-3-8(22-13(14,15)21)9(10(6)16)11-17-5-4-7(18-11)12(19)20/h2-5,21H,14-15H2,1H3,(H,19,20). The molecule has 0 unspecified atom stereocenters. The molecule has 2 aromatic rings. The molecule has 9 heteroatoms. The van der Waals surface area contributed by atoms with E-state index in [1.165, 1.54) is 40.1 Å². The molecule has 2 rings (SSSR count). The molecule has 0 amide bonds. The van der Waals surface area contributed by atoms with Crippen LogP contribution in [-0.4, -0.2) is 47.4 Å². The number of aryl methyl sites for hydroxylation is 1. The van der Waals surface area contributed by atoms with Crippen LogP contribution >= 0.6 is 0 Å². The van der Waals surface area contributed by atoms with Gasteiger partial charge in [0.25, 0.3) is 0 Å². The van der Waals surface area contributed by atoms with E-state index in [1.54, 1.807) is 6.92 Å². The molecule has 0 saturated heterocycles. The largest absolute Gasteiger partial charge is 0.479 e. The zero-order chi connectivity index (χ0) is 16.5. The summed E-state index contributed by atoms with van der Waals surface area (Å²) in [4.78, 5) is 18.7. The lowest BCUT2D eigenvalue weighted by Crippen LogP contribution is -2.36. The first-order valence-electron chi connectivity index (χ1n) is 6.46. The van der Waals surface area contributed by atoms with Gasteiger partial charge in [0.2, 0.25) is 0 Å². The molecule has 6 nitrogen and oxygen atoms in total. The molecule has 1 heterocycles. The van der Waals surface area contributed by atoms with Gasteiger partial charge < -0.3 is 14.9 Å². The van der Waals surface area contributed by atoms with Crippen LogP contribution < -0.4 is 4.74 Å². The second-order valence-electron chi connectivity index (χ2n) is 5.19. The van der Waals surface area contributed by atoms with E-state index in [0.717, 1.165) is 0 Å². The van der Waals surface area contributed by atoms with E-state index in [2.05, 4.69) is 9.97 Å². The highest BCUT2D eigenvalue weighted by molar-refractivity contribution is 6.37. The van der Waals surface area contributed by atoms with E-state index in [9.17, 15) is 14.3 Å². The molecule has 0 fully saturated rings. The van der Waals surface area contributed by atoms with Gasteiger partial charge in [-0.1, -0.05) is 6.07 Å². The quantitative estimate of drug-likeness (QED) is 0.586. The second kappa shape index (κ2) is 5.76. The molecule has 2 N–H and O–H groups in total. The summed E-state index contributed by atoms with van der Waals surface area (Å²) in [7, 11) is 2.78. The van der Waals surface area contributed by atoms with Crippen molar-refractivity contribution >= 4 is 21.7 Å². The minimum Gasteiger partial charge on any atom is -0.479 e. The van der Waals surface area contributed by atoms with Crippen LogP contribution in [-0.2, 0) is 0 Å². The Morgan fingerprint density at radius 3 is 2.64 bits per heavy atom. The Labute approximate surface area is 127 Å². The summed E-state index contributed by atoms with van der Waals surface area (Å²) in [5.41, 5.74) is -1.58. The molecule has 112 valence electrons. The highest BCUT2D eigenvalue weighted by Crippen LogP contribution is 2.33. The Kier molecular flexibility index (Phi) is 4.18. The maximum atomic E-state index is 14.5. The van der Waals surface area contributed by atoms with Gasteiger partial charge in [-0.05, 0) is 24.6 Å². The van der Waals surface area contributed by atoms with Crippen molar-refractivity contribution in [3.63, 3.8) is 0 Å². The van der Waals surface area contributed by atoms with Crippen LogP contribution in [0.1, 0.15) is 16.1 Å². The number of carboxylic acids is 1. The van der Waals surface area contributed by atoms with Gasteiger partial charge in [0, 0.05) is 6.20 Å². The van der Waals surface area contributed by atoms with Crippen molar-refractivity contribution in [2.75, 3.05) is 0 Å². The van der Waals surface area contributed by atoms with Gasteiger partial charge in [-0.3, -0.25) is 0 Å². The fourth-order valence-corrected chi connectivity index (χ4v) is 1.82. The minimum absolute atomic E-state index is 0.0261. The van der Waals surface area contributed by atoms with Crippen molar-refractivity contribution in [2.24, 2.45) is 0 Å². The first-order chi connectivity index (χ1) is 10.2. The Balaban J connectivity index is 2.64. The highest BCUT2D eigenvalue weighted by atomic mass is 19.1. The van der Waals surface area contributed by atoms with Crippen LogP contribution in [0.15, 0.2) is 24.4 Å². The number of carbonyl (C=O) groups is 1. The molecule has 0 radical (unpaired) electrons. The zero-order valence-corrected chi connectivity index (χ0v) is 12.3. The zero-order valence-electron chi connectivity index (χ0n) is 12.3. The number of nitrogens with zero attached hydrogens (tertiary/aromatic N) is 2. The topological polar surface area (TPSA) is 92.5 Å². The number of halogens is 1. The molecule has 0 aliphatic carbocycles. The Bertz CT molecular complexity index is 734. The molecule has 1 aromatic carbocycles. The van der Waals surface area contributed by atoms with Crippen molar-refractivity contribution in [1.29, 1.82) is 0 Å². The number of aromatic carboxylic acids is 1. The number of rotatable bonds is 4. The van der Waals surface area contributed by atoms with Crippen molar-refractivity contribution < 1.29 is 24.1 Å². The molecule has 0 aliphatic heterocycles. The van der Waals surface area contributed by atoms with Crippen LogP contribution in [0.3, 0.4) is 0 Å². The van der Waals surface area contributed by atoms with Crippen molar-refractivity contribution in [1.82, 2.24) is 9.97 Å². The van der Waals surface area contributed by atoms with Gasteiger partial charge in [0.15, 0.2) is 27.2 Å². The average Bonchev–Trinajstić information content (AvgIpc) is 2.42. The number of carboxylic acid groups (broad SMARTS) is 1. The van der Waals surface area contributed by atoms with E-state index in [-0.39, 0.29) is 22.8 Å². The lowest BCUT2D eigenvalue weighted by molar-refractivity contribution is 0.0130. The van der Waals surface area contributed by atoms with E-state index in [0.29, 0.717) is 5.56 Å². The van der Waals surface area contributed by atoms with E-state index in [4.69, 9.17) is 9.84 Å². The molecule has 0 aliphatic rings. The lowest BCUT2D eigenvalue weighted by Gasteiger charge is -2.23. The summed E-state index contributed by atoms with van der Waals surface area (Å²) in [5.74, 6) is -1.98. The Hall–Kier alpha value is -2.41. The van der Waals surface area contributed by atoms with Gasteiger partial charge in [0.05, 0.1) is 5.56 Å². The number of benzene rings is 1. The van der Waals surface area contributed by atoms with Crippen LogP contribution in [0.5, 0.6) is 5.75 Å². The van der Waals surface area contributed by atoms with Crippen molar-refractivity contribution in [2.45, 2.75) is 12.5 Å². The van der Waals surface area contributed by atoms with Crippen LogP contribution in [0.4, 0.5) is 4.39 Å². The molecule has 1 aromatic heterocycles. The summed E-state index contributed by atoms with van der Waals surface area (Å²) < 4.78 is 19.8. The smallest absolute Gasteiger partial charge is 0.354 e. The Morgan fingerprint density at radius 1 is 1.36 bits per heavy atom. The fraction of sp³-hybridized carbons (Fsp3) is 0.154. The third kappa shape index (κ3) is 3.43. The van der Waals surface area contributed by atoms with E-state index in [1.807, 2.05) is 0 Å². The molecular weight excluding hydrogens is 289 g/mol. The monoisotopic (exact) mass is 302 g/mol. The maximum absolute atomic E-state index is 14.5. The molecule has 0 spiro atoms. The number of hydrogen-bond acceptors (Lipinski definition) is 5. The van der Waals surface area contributed by atoms with Gasteiger partial charge in [-0.25, -0.2) is 19.2 Å².